The largest absolute Gasteiger partial charge is 0.354 e. The van der Waals surface area contributed by atoms with Crippen LogP contribution < -0.4 is 10.2 Å². The molecule has 106 valence electrons. The van der Waals surface area contributed by atoms with E-state index >= 15 is 0 Å². The van der Waals surface area contributed by atoms with Crippen LogP contribution in [0.5, 0.6) is 0 Å². The molecular formula is C16H27N3. The van der Waals surface area contributed by atoms with Gasteiger partial charge in [0.15, 0.2) is 0 Å². The summed E-state index contributed by atoms with van der Waals surface area (Å²) < 4.78 is 0. The number of nitrogens with one attached hydrogen (secondary N) is 1. The van der Waals surface area contributed by atoms with Crippen molar-refractivity contribution in [3.63, 3.8) is 0 Å². The molecule has 2 unspecified atom stereocenters. The van der Waals surface area contributed by atoms with Gasteiger partial charge < -0.3 is 10.2 Å². The van der Waals surface area contributed by atoms with Crippen LogP contribution >= 0.6 is 0 Å². The quantitative estimate of drug-likeness (QED) is 0.879. The maximum absolute atomic E-state index is 4.61. The lowest BCUT2D eigenvalue weighted by atomic mass is 9.98. The predicted octanol–water partition coefficient (Wildman–Crippen LogP) is 3.52. The maximum Gasteiger partial charge on any atom is 0.129 e. The van der Waals surface area contributed by atoms with Crippen LogP contribution in [0.4, 0.5) is 5.82 Å². The third-order valence-electron chi connectivity index (χ3n) is 4.25. The van der Waals surface area contributed by atoms with Gasteiger partial charge >= 0.3 is 0 Å². The summed E-state index contributed by atoms with van der Waals surface area (Å²) in [5.74, 6) is 1.16. The van der Waals surface area contributed by atoms with Crippen molar-refractivity contribution in [3.8, 4) is 0 Å². The molecule has 0 spiro atoms. The molecule has 2 rings (SSSR count). The summed E-state index contributed by atoms with van der Waals surface area (Å²) >= 11 is 0. The van der Waals surface area contributed by atoms with E-state index in [0.29, 0.717) is 12.1 Å². The van der Waals surface area contributed by atoms with Crippen molar-refractivity contribution >= 4 is 5.82 Å². The molecule has 3 nitrogen and oxygen atoms in total. The van der Waals surface area contributed by atoms with E-state index in [4.69, 9.17) is 0 Å². The fourth-order valence-electron chi connectivity index (χ4n) is 2.96. The average Bonchev–Trinajstić information content (AvgIpc) is 2.47. The van der Waals surface area contributed by atoms with Gasteiger partial charge in [-0.15, -0.1) is 0 Å². The Morgan fingerprint density at radius 3 is 3.05 bits per heavy atom. The van der Waals surface area contributed by atoms with Crippen LogP contribution in [0.2, 0.25) is 0 Å². The van der Waals surface area contributed by atoms with Crippen LogP contribution in [0, 0.1) is 0 Å². The molecule has 2 atom stereocenters. The minimum absolute atomic E-state index is 0.385. The number of hydrogen-bond acceptors (Lipinski definition) is 3. The van der Waals surface area contributed by atoms with Crippen LogP contribution in [0.3, 0.4) is 0 Å². The summed E-state index contributed by atoms with van der Waals surface area (Å²) in [5.41, 5.74) is 1.33. The second kappa shape index (κ2) is 6.90. The highest BCUT2D eigenvalue weighted by Gasteiger charge is 2.23. The minimum atomic E-state index is 0.385. The fraction of sp³-hybridized carbons (Fsp3) is 0.688. The van der Waals surface area contributed by atoms with Crippen molar-refractivity contribution in [2.75, 3.05) is 18.5 Å². The molecule has 19 heavy (non-hydrogen) atoms. The van der Waals surface area contributed by atoms with Gasteiger partial charge in [-0.05, 0) is 57.4 Å². The lowest BCUT2D eigenvalue weighted by molar-refractivity contribution is 0.431. The number of hydrogen-bond donors (Lipinski definition) is 1. The standard InChI is InChI=1S/C16H27N3/c1-4-7-15-8-5-6-11-19(15)16-12-14(9-10-18-16)13(2)17-3/h9-10,12-13,15,17H,4-8,11H2,1-3H3. The van der Waals surface area contributed by atoms with Crippen molar-refractivity contribution < 1.29 is 0 Å². The number of nitrogens with zero attached hydrogens (tertiary/aromatic N) is 2. The maximum atomic E-state index is 4.61. The molecule has 2 heterocycles. The first-order valence-electron chi connectivity index (χ1n) is 7.66. The third-order valence-corrected chi connectivity index (χ3v) is 4.25. The zero-order valence-electron chi connectivity index (χ0n) is 12.5. The zero-order chi connectivity index (χ0) is 13.7. The number of rotatable bonds is 5. The van der Waals surface area contributed by atoms with Crippen LogP contribution in [0.25, 0.3) is 0 Å². The number of piperidine rings is 1. The molecule has 1 aliphatic heterocycles. The molecule has 1 fully saturated rings. The van der Waals surface area contributed by atoms with Gasteiger partial charge in [0.25, 0.3) is 0 Å². The molecule has 1 aromatic rings. The van der Waals surface area contributed by atoms with E-state index in [-0.39, 0.29) is 0 Å². The van der Waals surface area contributed by atoms with Gasteiger partial charge in [0, 0.05) is 24.8 Å². The highest BCUT2D eigenvalue weighted by molar-refractivity contribution is 5.43. The van der Waals surface area contributed by atoms with Gasteiger partial charge in [-0.3, -0.25) is 0 Å². The summed E-state index contributed by atoms with van der Waals surface area (Å²) in [4.78, 5) is 7.14. The smallest absolute Gasteiger partial charge is 0.129 e. The summed E-state index contributed by atoms with van der Waals surface area (Å²) in [6.45, 7) is 5.63. The number of aromatic nitrogens is 1. The van der Waals surface area contributed by atoms with Crippen LogP contribution in [0.1, 0.15) is 57.6 Å². The van der Waals surface area contributed by atoms with Gasteiger partial charge in [0.2, 0.25) is 0 Å². The van der Waals surface area contributed by atoms with Crippen molar-refractivity contribution in [1.82, 2.24) is 10.3 Å². The molecule has 0 bridgehead atoms. The van der Waals surface area contributed by atoms with Gasteiger partial charge in [0.1, 0.15) is 5.82 Å². The van der Waals surface area contributed by atoms with Crippen LogP contribution in [0.15, 0.2) is 18.3 Å². The van der Waals surface area contributed by atoms with Gasteiger partial charge in [0.05, 0.1) is 0 Å². The Bertz CT molecular complexity index is 389. The minimum Gasteiger partial charge on any atom is -0.354 e. The second-order valence-electron chi connectivity index (χ2n) is 5.59. The van der Waals surface area contributed by atoms with Crippen molar-refractivity contribution in [2.24, 2.45) is 0 Å². The Morgan fingerprint density at radius 2 is 2.32 bits per heavy atom. The monoisotopic (exact) mass is 261 g/mol. The molecule has 1 saturated heterocycles. The Kier molecular flexibility index (Phi) is 5.20. The Balaban J connectivity index is 2.18. The van der Waals surface area contributed by atoms with E-state index in [0.717, 1.165) is 12.4 Å². The van der Waals surface area contributed by atoms with E-state index in [1.807, 2.05) is 13.2 Å². The van der Waals surface area contributed by atoms with E-state index in [1.54, 1.807) is 0 Å². The predicted molar refractivity (Wildman–Crippen MR) is 81.6 cm³/mol. The Labute approximate surface area is 117 Å². The van der Waals surface area contributed by atoms with Crippen molar-refractivity contribution in [2.45, 2.75) is 58.0 Å². The lowest BCUT2D eigenvalue weighted by Gasteiger charge is -2.37. The topological polar surface area (TPSA) is 28.2 Å². The molecule has 3 heteroatoms. The first-order chi connectivity index (χ1) is 9.26. The molecule has 0 amide bonds. The van der Waals surface area contributed by atoms with Gasteiger partial charge in [-0.2, -0.15) is 0 Å². The average molecular weight is 261 g/mol. The van der Waals surface area contributed by atoms with E-state index < -0.39 is 0 Å². The zero-order valence-corrected chi connectivity index (χ0v) is 12.5. The summed E-state index contributed by atoms with van der Waals surface area (Å²) in [6.07, 6.45) is 8.49. The molecule has 0 aromatic carbocycles. The molecule has 1 aliphatic rings. The van der Waals surface area contributed by atoms with E-state index in [2.05, 4.69) is 41.2 Å². The SMILES string of the molecule is CCCC1CCCCN1c1cc(C(C)NC)ccn1. The lowest BCUT2D eigenvalue weighted by Crippen LogP contribution is -2.40. The number of pyridine rings is 1. The van der Waals surface area contributed by atoms with Crippen molar-refractivity contribution in [3.05, 3.63) is 23.9 Å². The molecule has 1 N–H and O–H groups in total. The molecular weight excluding hydrogens is 234 g/mol. The second-order valence-corrected chi connectivity index (χ2v) is 5.59. The highest BCUT2D eigenvalue weighted by Crippen LogP contribution is 2.27. The molecule has 1 aromatic heterocycles. The third kappa shape index (κ3) is 3.47. The van der Waals surface area contributed by atoms with Gasteiger partial charge in [-0.1, -0.05) is 13.3 Å². The molecule has 0 saturated carbocycles. The first kappa shape index (κ1) is 14.3. The van der Waals surface area contributed by atoms with Crippen LogP contribution in [-0.4, -0.2) is 24.6 Å². The molecule has 0 radical (unpaired) electrons. The first-order valence-corrected chi connectivity index (χ1v) is 7.66. The fourth-order valence-corrected chi connectivity index (χ4v) is 2.96. The number of anilines is 1. The normalized spacial score (nSPS) is 21.4. The highest BCUT2D eigenvalue weighted by atomic mass is 15.2. The van der Waals surface area contributed by atoms with E-state index in [1.165, 1.54) is 37.7 Å². The van der Waals surface area contributed by atoms with Gasteiger partial charge in [-0.25, -0.2) is 4.98 Å². The van der Waals surface area contributed by atoms with E-state index in [9.17, 15) is 0 Å². The Morgan fingerprint density at radius 1 is 1.47 bits per heavy atom. The van der Waals surface area contributed by atoms with Crippen LogP contribution in [-0.2, 0) is 0 Å². The summed E-state index contributed by atoms with van der Waals surface area (Å²) in [5, 5.41) is 3.30. The summed E-state index contributed by atoms with van der Waals surface area (Å²) in [6, 6.07) is 5.45. The molecule has 0 aliphatic carbocycles. The van der Waals surface area contributed by atoms with Crippen molar-refractivity contribution in [1.29, 1.82) is 0 Å². The Hall–Kier alpha value is -1.09. The summed E-state index contributed by atoms with van der Waals surface area (Å²) in [7, 11) is 2.01.